The molecule has 0 aliphatic heterocycles. The molecule has 5 fully saturated rings. The number of carbonyl (C=O) groups is 4. The van der Waals surface area contributed by atoms with Crippen molar-refractivity contribution in [3.8, 4) is 0 Å². The molecule has 8 nitrogen and oxygen atoms in total. The predicted octanol–water partition coefficient (Wildman–Crippen LogP) is 7.23. The number of aliphatic carboxylic acids is 1. The first-order valence-corrected chi connectivity index (χ1v) is 19.2. The Morgan fingerprint density at radius 3 is 2.08 bits per heavy atom. The molecule has 10 atom stereocenters. The summed E-state index contributed by atoms with van der Waals surface area (Å²) in [5.41, 5.74) is 6.05. The Morgan fingerprint density at radius 2 is 1.51 bits per heavy atom. The van der Waals surface area contributed by atoms with Gasteiger partial charge in [0.25, 0.3) is 0 Å². The summed E-state index contributed by atoms with van der Waals surface area (Å²) >= 11 is 0. The molecule has 6 rings (SSSR count). The van der Waals surface area contributed by atoms with E-state index in [-0.39, 0.29) is 63.2 Å². The molecule has 0 spiro atoms. The fourth-order valence-electron chi connectivity index (χ4n) is 13.3. The van der Waals surface area contributed by atoms with Crippen LogP contribution in [0.25, 0.3) is 0 Å². The van der Waals surface area contributed by atoms with Gasteiger partial charge in [0.05, 0.1) is 22.9 Å². The van der Waals surface area contributed by atoms with Crippen LogP contribution < -0.4 is 11.1 Å². The number of amides is 1. The van der Waals surface area contributed by atoms with Crippen LogP contribution in [0.15, 0.2) is 11.1 Å². The molecule has 0 aromatic rings. The van der Waals surface area contributed by atoms with E-state index in [9.17, 15) is 24.3 Å². The Hall–Kier alpha value is -2.22. The van der Waals surface area contributed by atoms with Crippen LogP contribution in [0.4, 0.5) is 0 Å². The van der Waals surface area contributed by atoms with E-state index in [1.54, 1.807) is 13.8 Å². The third kappa shape index (κ3) is 4.98. The summed E-state index contributed by atoms with van der Waals surface area (Å²) in [4.78, 5) is 52.5. The molecule has 49 heavy (non-hydrogen) atoms. The molecule has 6 aliphatic carbocycles. The first-order chi connectivity index (χ1) is 22.4. The Bertz CT molecular complexity index is 1490. The van der Waals surface area contributed by atoms with Gasteiger partial charge < -0.3 is 20.9 Å². The highest BCUT2D eigenvalue weighted by atomic mass is 16.5. The Morgan fingerprint density at radius 1 is 0.857 bits per heavy atom. The third-order valence-electron chi connectivity index (χ3n) is 16.4. The molecule has 1 amide bonds. The minimum absolute atomic E-state index is 0.0274. The summed E-state index contributed by atoms with van der Waals surface area (Å²) in [6, 6.07) is 0. The summed E-state index contributed by atoms with van der Waals surface area (Å²) in [5.74, 6) is -0.771. The van der Waals surface area contributed by atoms with Crippen molar-refractivity contribution in [2.75, 3.05) is 0 Å². The van der Waals surface area contributed by atoms with E-state index in [4.69, 9.17) is 10.5 Å². The molecule has 0 heterocycles. The normalized spacial score (nSPS) is 43.8. The lowest BCUT2D eigenvalue weighted by Crippen LogP contribution is -2.68. The van der Waals surface area contributed by atoms with Gasteiger partial charge in [-0.05, 0) is 128 Å². The summed E-state index contributed by atoms with van der Waals surface area (Å²) in [7, 11) is 0. The number of esters is 1. The summed E-state index contributed by atoms with van der Waals surface area (Å²) < 4.78 is 6.38. The topological polar surface area (TPSA) is 136 Å². The maximum atomic E-state index is 13.8. The van der Waals surface area contributed by atoms with Gasteiger partial charge >= 0.3 is 11.9 Å². The lowest BCUT2D eigenvalue weighted by Gasteiger charge is -2.72. The summed E-state index contributed by atoms with van der Waals surface area (Å²) in [6.45, 7) is 23.7. The molecule has 0 aromatic heterocycles. The first-order valence-electron chi connectivity index (χ1n) is 19.2. The molecule has 4 N–H and O–H groups in total. The number of carboxylic acid groups (broad SMARTS) is 1. The Balaban J connectivity index is 1.28. The molecule has 0 saturated heterocycles. The zero-order valence-corrected chi connectivity index (χ0v) is 32.2. The highest BCUT2D eigenvalue weighted by Gasteiger charge is 2.70. The number of nitrogens with one attached hydrogen (secondary N) is 1. The maximum absolute atomic E-state index is 13.8. The molecule has 0 unspecified atom stereocenters. The third-order valence-corrected chi connectivity index (χ3v) is 16.4. The second-order valence-corrected chi connectivity index (χ2v) is 20.2. The number of carbonyl (C=O) groups excluding carboxylic acids is 3. The molecular weight excluding hydrogens is 616 g/mol. The van der Waals surface area contributed by atoms with E-state index in [1.807, 2.05) is 13.8 Å². The van der Waals surface area contributed by atoms with Crippen molar-refractivity contribution in [1.29, 1.82) is 0 Å². The minimum Gasteiger partial charge on any atom is -0.481 e. The average Bonchev–Trinajstić information content (AvgIpc) is 3.25. The van der Waals surface area contributed by atoms with E-state index in [0.29, 0.717) is 24.7 Å². The summed E-state index contributed by atoms with van der Waals surface area (Å²) in [6.07, 6.45) is 8.24. The fourth-order valence-corrected chi connectivity index (χ4v) is 13.3. The van der Waals surface area contributed by atoms with Gasteiger partial charge in [0.1, 0.15) is 6.10 Å². The number of hydrogen-bond acceptors (Lipinski definition) is 6. The smallest absolute Gasteiger partial charge is 0.309 e. The van der Waals surface area contributed by atoms with Crippen LogP contribution in [-0.2, 0) is 23.9 Å². The number of carboxylic acids is 1. The van der Waals surface area contributed by atoms with Gasteiger partial charge in [0.2, 0.25) is 5.91 Å². The van der Waals surface area contributed by atoms with Crippen molar-refractivity contribution < 1.29 is 29.0 Å². The lowest BCUT2D eigenvalue weighted by atomic mass is 9.33. The van der Waals surface area contributed by atoms with E-state index in [1.165, 1.54) is 5.57 Å². The lowest BCUT2D eigenvalue weighted by molar-refractivity contribution is -0.235. The standard InChI is InChI=1S/C41H64N2O6/c1-22(2)30-26(44)21-41(43-34(48)37(7,8)42)19-18-39(10)23(31(30)41)12-13-28-38(9)16-15-29(36(5,6)27(38)14-17-40(28,39)11)49-33(47)25-20-24(32(45)46)35(25,3)4/h22-25,27-29H,12-21,42H2,1-11H3,(H,43,48)(H,45,46)/t23-,24+,25-,27+,28-,29+,38+,39-,40-,41-/m1/s1. The highest BCUT2D eigenvalue weighted by Crippen LogP contribution is 2.76. The van der Waals surface area contributed by atoms with E-state index in [2.05, 4.69) is 53.8 Å². The van der Waals surface area contributed by atoms with Crippen LogP contribution >= 0.6 is 0 Å². The van der Waals surface area contributed by atoms with Gasteiger partial charge in [-0.3, -0.25) is 19.2 Å². The van der Waals surface area contributed by atoms with E-state index < -0.39 is 28.4 Å². The van der Waals surface area contributed by atoms with Crippen molar-refractivity contribution in [2.45, 2.75) is 158 Å². The second-order valence-electron chi connectivity index (χ2n) is 20.2. The maximum Gasteiger partial charge on any atom is 0.309 e. The Kier molecular flexibility index (Phi) is 8.31. The molecule has 5 saturated carbocycles. The number of ketones is 1. The van der Waals surface area contributed by atoms with Crippen molar-refractivity contribution in [3.63, 3.8) is 0 Å². The SMILES string of the molecule is CC(C)C1=C2[C@H]3CC[C@@H]4[C@@]5(C)CC[C@H](OC(=O)[C@H]6C[C@@H](C(=O)O)C6(C)C)C(C)(C)[C@@H]5CC[C@@]4(C)[C@]3(C)CC[C@@]2(NC(=O)C(C)(C)N)CC1=O. The molecule has 0 radical (unpaired) electrons. The number of ether oxygens (including phenoxy) is 1. The summed E-state index contributed by atoms with van der Waals surface area (Å²) in [5, 5.41) is 13.0. The molecule has 8 heteroatoms. The van der Waals surface area contributed by atoms with Crippen LogP contribution in [0.2, 0.25) is 0 Å². The zero-order valence-electron chi connectivity index (χ0n) is 32.2. The number of fused-ring (bicyclic) bond motifs is 7. The van der Waals surface area contributed by atoms with Gasteiger partial charge in [0, 0.05) is 11.8 Å². The monoisotopic (exact) mass is 680 g/mol. The number of Topliss-reactive ketones (excluding diaryl/α,β-unsaturated/α-hetero) is 1. The van der Waals surface area contributed by atoms with Gasteiger partial charge in [0.15, 0.2) is 5.78 Å². The predicted molar refractivity (Wildman–Crippen MR) is 189 cm³/mol. The van der Waals surface area contributed by atoms with E-state index >= 15 is 0 Å². The van der Waals surface area contributed by atoms with Crippen LogP contribution in [0, 0.1) is 62.6 Å². The molecule has 274 valence electrons. The van der Waals surface area contributed by atoms with Crippen LogP contribution in [-0.4, -0.2) is 45.9 Å². The average molecular weight is 681 g/mol. The first kappa shape index (κ1) is 36.6. The van der Waals surface area contributed by atoms with Crippen LogP contribution in [0.3, 0.4) is 0 Å². The Labute approximate surface area is 294 Å². The molecule has 6 aliphatic rings. The van der Waals surface area contributed by atoms with Crippen molar-refractivity contribution in [3.05, 3.63) is 11.1 Å². The van der Waals surface area contributed by atoms with Crippen LogP contribution in [0.1, 0.15) is 140 Å². The number of rotatable bonds is 6. The number of nitrogens with two attached hydrogens (primary N) is 1. The van der Waals surface area contributed by atoms with Gasteiger partial charge in [-0.2, -0.15) is 0 Å². The van der Waals surface area contributed by atoms with Crippen molar-refractivity contribution in [1.82, 2.24) is 5.32 Å². The van der Waals surface area contributed by atoms with Gasteiger partial charge in [-0.15, -0.1) is 0 Å². The number of allylic oxidation sites excluding steroid dienone is 1. The van der Waals surface area contributed by atoms with Crippen molar-refractivity contribution >= 4 is 23.6 Å². The second kappa shape index (κ2) is 11.1. The molecule has 0 bridgehead atoms. The van der Waals surface area contributed by atoms with Gasteiger partial charge in [-0.25, -0.2) is 0 Å². The largest absolute Gasteiger partial charge is 0.481 e. The highest BCUT2D eigenvalue weighted by molar-refractivity contribution is 6.02. The number of hydrogen-bond donors (Lipinski definition) is 3. The quantitative estimate of drug-likeness (QED) is 0.252. The molecule has 0 aromatic carbocycles. The molecular formula is C41H64N2O6. The zero-order chi connectivity index (χ0) is 36.5. The van der Waals surface area contributed by atoms with E-state index in [0.717, 1.165) is 56.9 Å². The minimum atomic E-state index is -1.03. The fraction of sp³-hybridized carbons (Fsp3) is 0.854. The van der Waals surface area contributed by atoms with Gasteiger partial charge in [-0.1, -0.05) is 62.3 Å². The van der Waals surface area contributed by atoms with Crippen LogP contribution in [0.5, 0.6) is 0 Å². The van der Waals surface area contributed by atoms with Crippen molar-refractivity contribution in [2.24, 2.45) is 68.3 Å².